The molecule has 0 radical (unpaired) electrons. The molecule has 6 heteroatoms. The molecule has 0 aliphatic heterocycles. The van der Waals surface area contributed by atoms with Gasteiger partial charge in [-0.05, 0) is 32.9 Å². The zero-order valence-corrected chi connectivity index (χ0v) is 10.9. The number of pyridine rings is 1. The van der Waals surface area contributed by atoms with Crippen molar-refractivity contribution in [2.45, 2.75) is 26.3 Å². The number of nitrogens with two attached hydrogens (primary N) is 1. The van der Waals surface area contributed by atoms with E-state index >= 15 is 0 Å². The van der Waals surface area contributed by atoms with Gasteiger partial charge in [0.2, 0.25) is 0 Å². The first-order valence-corrected chi connectivity index (χ1v) is 5.42. The summed E-state index contributed by atoms with van der Waals surface area (Å²) in [6.45, 7) is 4.82. The van der Waals surface area contributed by atoms with Gasteiger partial charge in [-0.25, -0.2) is 9.78 Å². The molecule has 0 aliphatic rings. The van der Waals surface area contributed by atoms with Crippen molar-refractivity contribution in [2.24, 2.45) is 5.73 Å². The average Bonchev–Trinajstić information content (AvgIpc) is 2.27. The molecule has 1 aromatic heterocycles. The minimum Gasteiger partial charge on any atom is -0.480 e. The molecule has 1 rings (SSSR count). The number of aliphatic carboxylic acids is 1. The molecule has 0 aromatic carbocycles. The number of carbonyl (C=O) groups excluding carboxylic acids is 1. The molecular formula is C12H17N3O3. The van der Waals surface area contributed by atoms with Gasteiger partial charge in [0.1, 0.15) is 11.4 Å². The average molecular weight is 251 g/mol. The van der Waals surface area contributed by atoms with E-state index < -0.39 is 17.4 Å². The fourth-order valence-electron chi connectivity index (χ4n) is 1.40. The van der Waals surface area contributed by atoms with E-state index in [0.29, 0.717) is 5.69 Å². The summed E-state index contributed by atoms with van der Waals surface area (Å²) < 4.78 is 0. The van der Waals surface area contributed by atoms with Crippen LogP contribution in [0.1, 0.15) is 29.9 Å². The Labute approximate surface area is 105 Å². The van der Waals surface area contributed by atoms with E-state index in [1.807, 2.05) is 0 Å². The van der Waals surface area contributed by atoms with Crippen molar-refractivity contribution in [3.8, 4) is 0 Å². The molecule has 0 spiro atoms. The number of likely N-dealkylation sites (N-methyl/N-ethyl adjacent to an activating group) is 1. The summed E-state index contributed by atoms with van der Waals surface area (Å²) in [6.07, 6.45) is 0. The van der Waals surface area contributed by atoms with E-state index in [1.54, 1.807) is 26.1 Å². The van der Waals surface area contributed by atoms with Crippen LogP contribution in [0, 0.1) is 6.92 Å². The van der Waals surface area contributed by atoms with Crippen LogP contribution in [0.4, 0.5) is 5.82 Å². The first-order valence-electron chi connectivity index (χ1n) is 5.42. The molecule has 0 saturated carbocycles. The topological polar surface area (TPSA) is 96.5 Å². The Morgan fingerprint density at radius 2 is 1.94 bits per heavy atom. The molecule has 0 saturated heterocycles. The number of amides is 1. The van der Waals surface area contributed by atoms with E-state index in [1.165, 1.54) is 18.7 Å². The van der Waals surface area contributed by atoms with E-state index in [9.17, 15) is 14.7 Å². The second kappa shape index (κ2) is 4.64. The van der Waals surface area contributed by atoms with E-state index in [2.05, 4.69) is 4.98 Å². The van der Waals surface area contributed by atoms with Crippen molar-refractivity contribution in [1.29, 1.82) is 0 Å². The maximum absolute atomic E-state index is 11.3. The summed E-state index contributed by atoms with van der Waals surface area (Å²) in [5.41, 5.74) is 4.97. The van der Waals surface area contributed by atoms with Gasteiger partial charge in [0.25, 0.3) is 5.91 Å². The van der Waals surface area contributed by atoms with E-state index in [4.69, 9.17) is 5.73 Å². The summed E-state index contributed by atoms with van der Waals surface area (Å²) in [6, 6.07) is 3.21. The lowest BCUT2D eigenvalue weighted by molar-refractivity contribution is -0.142. The number of primary amides is 1. The zero-order valence-electron chi connectivity index (χ0n) is 10.9. The molecule has 0 atom stereocenters. The second-order valence-electron chi connectivity index (χ2n) is 4.61. The minimum atomic E-state index is -1.19. The Morgan fingerprint density at radius 3 is 2.39 bits per heavy atom. The Bertz CT molecular complexity index is 497. The molecule has 3 N–H and O–H groups in total. The summed E-state index contributed by atoms with van der Waals surface area (Å²) >= 11 is 0. The van der Waals surface area contributed by atoms with Crippen LogP contribution in [0.3, 0.4) is 0 Å². The van der Waals surface area contributed by atoms with E-state index in [-0.39, 0.29) is 11.4 Å². The molecule has 0 fully saturated rings. The lowest BCUT2D eigenvalue weighted by atomic mass is 10.0. The van der Waals surface area contributed by atoms with Gasteiger partial charge in [-0.15, -0.1) is 0 Å². The molecule has 1 aromatic rings. The summed E-state index contributed by atoms with van der Waals surface area (Å²) in [4.78, 5) is 28.2. The van der Waals surface area contributed by atoms with Crippen molar-refractivity contribution in [1.82, 2.24) is 4.98 Å². The fraction of sp³-hybridized carbons (Fsp3) is 0.417. The number of hydrogen-bond donors (Lipinski definition) is 2. The van der Waals surface area contributed by atoms with Crippen LogP contribution in [-0.4, -0.2) is 34.6 Å². The van der Waals surface area contributed by atoms with Crippen molar-refractivity contribution in [2.75, 3.05) is 11.9 Å². The number of carboxylic acid groups (broad SMARTS) is 1. The molecule has 0 aliphatic carbocycles. The Kier molecular flexibility index (Phi) is 3.59. The standard InChI is InChI=1S/C12H17N3O3/c1-7-5-6-8(9(13)16)10(14-7)15(4)12(2,3)11(17)18/h5-6H,1-4H3,(H2,13,16)(H,17,18). The van der Waals surface area contributed by atoms with Crippen LogP contribution in [0.5, 0.6) is 0 Å². The van der Waals surface area contributed by atoms with Gasteiger partial charge in [0.05, 0.1) is 5.56 Å². The van der Waals surface area contributed by atoms with Crippen molar-refractivity contribution >= 4 is 17.7 Å². The highest BCUT2D eigenvalue weighted by Gasteiger charge is 2.34. The number of aryl methyl sites for hydroxylation is 1. The maximum atomic E-state index is 11.3. The van der Waals surface area contributed by atoms with Gasteiger partial charge >= 0.3 is 5.97 Å². The molecule has 98 valence electrons. The number of carbonyl (C=O) groups is 2. The summed E-state index contributed by atoms with van der Waals surface area (Å²) in [7, 11) is 1.57. The van der Waals surface area contributed by atoms with Gasteiger partial charge in [-0.3, -0.25) is 4.79 Å². The second-order valence-corrected chi connectivity index (χ2v) is 4.61. The SMILES string of the molecule is Cc1ccc(C(N)=O)c(N(C)C(C)(C)C(=O)O)n1. The van der Waals surface area contributed by atoms with Crippen LogP contribution in [0.2, 0.25) is 0 Å². The maximum Gasteiger partial charge on any atom is 0.328 e. The predicted octanol–water partition coefficient (Wildman–Crippen LogP) is 0.788. The van der Waals surface area contributed by atoms with Gasteiger partial charge in [-0.2, -0.15) is 0 Å². The predicted molar refractivity (Wildman–Crippen MR) is 67.6 cm³/mol. The van der Waals surface area contributed by atoms with Crippen LogP contribution < -0.4 is 10.6 Å². The van der Waals surface area contributed by atoms with Gasteiger partial charge in [-0.1, -0.05) is 0 Å². The lowest BCUT2D eigenvalue weighted by Gasteiger charge is -2.33. The number of rotatable bonds is 4. The highest BCUT2D eigenvalue weighted by molar-refractivity contribution is 5.98. The quantitative estimate of drug-likeness (QED) is 0.824. The summed E-state index contributed by atoms with van der Waals surface area (Å²) in [5, 5.41) is 9.19. The molecule has 6 nitrogen and oxygen atoms in total. The molecule has 18 heavy (non-hydrogen) atoms. The highest BCUT2D eigenvalue weighted by Crippen LogP contribution is 2.24. The Hall–Kier alpha value is -2.11. The smallest absolute Gasteiger partial charge is 0.328 e. The third-order valence-electron chi connectivity index (χ3n) is 2.96. The largest absolute Gasteiger partial charge is 0.480 e. The monoisotopic (exact) mass is 251 g/mol. The van der Waals surface area contributed by atoms with Gasteiger partial charge in [0.15, 0.2) is 0 Å². The van der Waals surface area contributed by atoms with E-state index in [0.717, 1.165) is 0 Å². The van der Waals surface area contributed by atoms with Crippen molar-refractivity contribution in [3.63, 3.8) is 0 Å². The molecular weight excluding hydrogens is 234 g/mol. The normalized spacial score (nSPS) is 11.1. The van der Waals surface area contributed by atoms with Crippen molar-refractivity contribution < 1.29 is 14.7 Å². The fourth-order valence-corrected chi connectivity index (χ4v) is 1.40. The highest BCUT2D eigenvalue weighted by atomic mass is 16.4. The molecule has 0 bridgehead atoms. The summed E-state index contributed by atoms with van der Waals surface area (Å²) in [5.74, 6) is -1.37. The first-order chi connectivity index (χ1) is 8.17. The van der Waals surface area contributed by atoms with Crippen LogP contribution in [0.15, 0.2) is 12.1 Å². The van der Waals surface area contributed by atoms with Crippen molar-refractivity contribution in [3.05, 3.63) is 23.4 Å². The van der Waals surface area contributed by atoms with Gasteiger partial charge < -0.3 is 15.7 Å². The molecule has 1 amide bonds. The van der Waals surface area contributed by atoms with Crippen LogP contribution in [0.25, 0.3) is 0 Å². The zero-order chi connectivity index (χ0) is 14.1. The lowest BCUT2D eigenvalue weighted by Crippen LogP contribution is -2.49. The number of anilines is 1. The van der Waals surface area contributed by atoms with Crippen LogP contribution in [-0.2, 0) is 4.79 Å². The Balaban J connectivity index is 3.36. The number of aromatic nitrogens is 1. The molecule has 0 unspecified atom stereocenters. The third kappa shape index (κ3) is 2.42. The third-order valence-corrected chi connectivity index (χ3v) is 2.96. The number of nitrogens with zero attached hydrogens (tertiary/aromatic N) is 2. The minimum absolute atomic E-state index is 0.206. The van der Waals surface area contributed by atoms with Crippen LogP contribution >= 0.6 is 0 Å². The van der Waals surface area contributed by atoms with Gasteiger partial charge in [0, 0.05) is 12.7 Å². The molecule has 1 heterocycles. The Morgan fingerprint density at radius 1 is 1.39 bits per heavy atom. The number of hydrogen-bond acceptors (Lipinski definition) is 4. The first kappa shape index (κ1) is 14.0. The number of carboxylic acids is 1.